The van der Waals surface area contributed by atoms with Crippen LogP contribution in [0, 0.1) is 0 Å². The standard InChI is InChI=1S/C12H21N3O4S/c1-14-20(17,18)12-5-4-9(6-11(12)13)15(2)7-10(16)8-19-3/h4-6,10,14,16H,7-8,13H2,1-3H3. The van der Waals surface area contributed by atoms with Gasteiger partial charge in [0.2, 0.25) is 10.0 Å². The predicted molar refractivity (Wildman–Crippen MR) is 78.3 cm³/mol. The largest absolute Gasteiger partial charge is 0.398 e. The second-order valence-electron chi connectivity index (χ2n) is 4.42. The SMILES string of the molecule is CNS(=O)(=O)c1ccc(N(C)CC(O)COC)cc1N. The van der Waals surface area contributed by atoms with Crippen molar-refractivity contribution in [2.45, 2.75) is 11.0 Å². The van der Waals surface area contributed by atoms with Crippen LogP contribution in [0.3, 0.4) is 0 Å². The normalized spacial score (nSPS) is 13.2. The Labute approximate surface area is 119 Å². The number of aliphatic hydroxyl groups is 1. The summed E-state index contributed by atoms with van der Waals surface area (Å²) in [7, 11) is 1.05. The fourth-order valence-corrected chi connectivity index (χ4v) is 2.63. The summed E-state index contributed by atoms with van der Waals surface area (Å²) in [6.07, 6.45) is -0.632. The van der Waals surface area contributed by atoms with Crippen molar-refractivity contribution in [3.63, 3.8) is 0 Å². The summed E-state index contributed by atoms with van der Waals surface area (Å²) >= 11 is 0. The summed E-state index contributed by atoms with van der Waals surface area (Å²) in [5.41, 5.74) is 6.65. The molecule has 0 aromatic heterocycles. The fraction of sp³-hybridized carbons (Fsp3) is 0.500. The van der Waals surface area contributed by atoms with E-state index in [1.807, 2.05) is 0 Å². The van der Waals surface area contributed by atoms with Crippen LogP contribution in [0.25, 0.3) is 0 Å². The van der Waals surface area contributed by atoms with Gasteiger partial charge in [0.25, 0.3) is 0 Å². The molecule has 0 aliphatic rings. The monoisotopic (exact) mass is 303 g/mol. The number of benzene rings is 1. The van der Waals surface area contributed by atoms with Gasteiger partial charge < -0.3 is 20.5 Å². The third kappa shape index (κ3) is 4.07. The highest BCUT2D eigenvalue weighted by Crippen LogP contribution is 2.24. The number of rotatable bonds is 7. The minimum atomic E-state index is -3.57. The maximum atomic E-state index is 11.7. The molecule has 4 N–H and O–H groups in total. The number of sulfonamides is 1. The molecule has 0 spiro atoms. The Balaban J connectivity index is 2.92. The van der Waals surface area contributed by atoms with Gasteiger partial charge in [0, 0.05) is 26.4 Å². The molecule has 0 radical (unpaired) electrons. The number of methoxy groups -OCH3 is 1. The Hall–Kier alpha value is -1.35. The first-order valence-electron chi connectivity index (χ1n) is 6.03. The number of hydrogen-bond acceptors (Lipinski definition) is 6. The summed E-state index contributed by atoms with van der Waals surface area (Å²) in [5.74, 6) is 0. The molecular weight excluding hydrogens is 282 g/mol. The third-order valence-corrected chi connectivity index (χ3v) is 4.32. The summed E-state index contributed by atoms with van der Waals surface area (Å²) in [4.78, 5) is 1.81. The van der Waals surface area contributed by atoms with Crippen LogP contribution in [-0.2, 0) is 14.8 Å². The minimum absolute atomic E-state index is 0.0367. The quantitative estimate of drug-likeness (QED) is 0.593. The molecule has 1 aromatic rings. The number of likely N-dealkylation sites (N-methyl/N-ethyl adjacent to an activating group) is 1. The number of nitrogens with one attached hydrogen (secondary N) is 1. The van der Waals surface area contributed by atoms with Gasteiger partial charge in [-0.15, -0.1) is 0 Å². The first-order chi connectivity index (χ1) is 9.31. The van der Waals surface area contributed by atoms with Crippen molar-refractivity contribution in [1.29, 1.82) is 0 Å². The first-order valence-corrected chi connectivity index (χ1v) is 7.51. The molecule has 0 bridgehead atoms. The molecular formula is C12H21N3O4S. The number of anilines is 2. The average Bonchev–Trinajstić information content (AvgIpc) is 2.38. The highest BCUT2D eigenvalue weighted by molar-refractivity contribution is 7.89. The van der Waals surface area contributed by atoms with E-state index in [2.05, 4.69) is 4.72 Å². The van der Waals surface area contributed by atoms with E-state index in [4.69, 9.17) is 10.5 Å². The van der Waals surface area contributed by atoms with Crippen molar-refractivity contribution in [3.05, 3.63) is 18.2 Å². The van der Waals surface area contributed by atoms with Gasteiger partial charge in [-0.25, -0.2) is 13.1 Å². The fourth-order valence-electron chi connectivity index (χ4n) is 1.79. The van der Waals surface area contributed by atoms with Gasteiger partial charge in [-0.2, -0.15) is 0 Å². The molecule has 114 valence electrons. The lowest BCUT2D eigenvalue weighted by molar-refractivity contribution is 0.0695. The van der Waals surface area contributed by atoms with Gasteiger partial charge in [0.1, 0.15) is 4.90 Å². The molecule has 8 heteroatoms. The van der Waals surface area contributed by atoms with E-state index in [1.165, 1.54) is 20.2 Å². The smallest absolute Gasteiger partial charge is 0.242 e. The molecule has 1 aromatic carbocycles. The molecule has 20 heavy (non-hydrogen) atoms. The summed E-state index contributed by atoms with van der Waals surface area (Å²) in [5, 5.41) is 9.67. The molecule has 0 amide bonds. The molecule has 1 rings (SSSR count). The molecule has 0 fully saturated rings. The van der Waals surface area contributed by atoms with Crippen LogP contribution in [-0.4, -0.2) is 54.0 Å². The van der Waals surface area contributed by atoms with Crippen LogP contribution in [0.15, 0.2) is 23.1 Å². The number of aliphatic hydroxyl groups excluding tert-OH is 1. The van der Waals surface area contributed by atoms with E-state index < -0.39 is 16.1 Å². The van der Waals surface area contributed by atoms with Crippen LogP contribution in [0.5, 0.6) is 0 Å². The zero-order chi connectivity index (χ0) is 15.3. The van der Waals surface area contributed by atoms with Crippen LogP contribution >= 0.6 is 0 Å². The Morgan fingerprint density at radius 2 is 2.15 bits per heavy atom. The number of hydrogen-bond donors (Lipinski definition) is 3. The molecule has 1 unspecified atom stereocenters. The zero-order valence-electron chi connectivity index (χ0n) is 11.8. The van der Waals surface area contributed by atoms with E-state index in [1.54, 1.807) is 24.1 Å². The van der Waals surface area contributed by atoms with Gasteiger partial charge >= 0.3 is 0 Å². The molecule has 0 saturated carbocycles. The third-order valence-electron chi connectivity index (χ3n) is 2.84. The lowest BCUT2D eigenvalue weighted by atomic mass is 10.2. The van der Waals surface area contributed by atoms with Crippen molar-refractivity contribution < 1.29 is 18.3 Å². The van der Waals surface area contributed by atoms with Gasteiger partial charge in [-0.05, 0) is 25.2 Å². The minimum Gasteiger partial charge on any atom is -0.398 e. The maximum absolute atomic E-state index is 11.7. The van der Waals surface area contributed by atoms with Crippen LogP contribution in [0.4, 0.5) is 11.4 Å². The molecule has 0 aliphatic heterocycles. The van der Waals surface area contributed by atoms with Crippen molar-refractivity contribution in [3.8, 4) is 0 Å². The topological polar surface area (TPSA) is 105 Å². The summed E-state index contributed by atoms with van der Waals surface area (Å²) < 4.78 is 30.5. The highest BCUT2D eigenvalue weighted by atomic mass is 32.2. The summed E-state index contributed by atoms with van der Waals surface area (Å²) in [6, 6.07) is 4.64. The molecule has 1 atom stereocenters. The van der Waals surface area contributed by atoms with Crippen molar-refractivity contribution in [2.75, 3.05) is 45.0 Å². The zero-order valence-corrected chi connectivity index (χ0v) is 12.6. The molecule has 7 nitrogen and oxygen atoms in total. The number of nitrogen functional groups attached to an aromatic ring is 1. The van der Waals surface area contributed by atoms with Crippen molar-refractivity contribution in [2.24, 2.45) is 0 Å². The first kappa shape index (κ1) is 16.7. The van der Waals surface area contributed by atoms with E-state index in [0.29, 0.717) is 12.2 Å². The maximum Gasteiger partial charge on any atom is 0.242 e. The second kappa shape index (κ2) is 6.89. The van der Waals surface area contributed by atoms with Gasteiger partial charge in [-0.3, -0.25) is 0 Å². The average molecular weight is 303 g/mol. The van der Waals surface area contributed by atoms with Gasteiger partial charge in [0.15, 0.2) is 0 Å². The van der Waals surface area contributed by atoms with Crippen LogP contribution in [0.1, 0.15) is 0 Å². The van der Waals surface area contributed by atoms with Gasteiger partial charge in [-0.1, -0.05) is 0 Å². The predicted octanol–water partition coefficient (Wildman–Crippen LogP) is -0.380. The Morgan fingerprint density at radius 3 is 2.65 bits per heavy atom. The molecule has 0 saturated heterocycles. The lowest BCUT2D eigenvalue weighted by Gasteiger charge is -2.23. The van der Waals surface area contributed by atoms with Crippen LogP contribution < -0.4 is 15.4 Å². The summed E-state index contributed by atoms with van der Waals surface area (Å²) in [6.45, 7) is 0.581. The van der Waals surface area contributed by atoms with Gasteiger partial charge in [0.05, 0.1) is 18.4 Å². The lowest BCUT2D eigenvalue weighted by Crippen LogP contribution is -2.32. The Morgan fingerprint density at radius 1 is 1.50 bits per heavy atom. The van der Waals surface area contributed by atoms with Crippen molar-refractivity contribution >= 4 is 21.4 Å². The van der Waals surface area contributed by atoms with Crippen LogP contribution in [0.2, 0.25) is 0 Å². The Bertz CT molecular complexity index is 548. The van der Waals surface area contributed by atoms with Crippen molar-refractivity contribution in [1.82, 2.24) is 4.72 Å². The number of nitrogens with two attached hydrogens (primary N) is 1. The highest BCUT2D eigenvalue weighted by Gasteiger charge is 2.16. The van der Waals surface area contributed by atoms with E-state index in [9.17, 15) is 13.5 Å². The Kier molecular flexibility index (Phi) is 5.75. The number of ether oxygens (including phenoxy) is 1. The van der Waals surface area contributed by atoms with E-state index >= 15 is 0 Å². The van der Waals surface area contributed by atoms with E-state index in [0.717, 1.165) is 0 Å². The second-order valence-corrected chi connectivity index (χ2v) is 6.27. The number of nitrogens with zero attached hydrogens (tertiary/aromatic N) is 1. The van der Waals surface area contributed by atoms with E-state index in [-0.39, 0.29) is 17.2 Å². The molecule has 0 aliphatic carbocycles. The molecule has 0 heterocycles.